The number of nitrogens with zero attached hydrogens (tertiary/aromatic N) is 2. The molecule has 2 aromatic carbocycles. The number of aryl methyl sites for hydroxylation is 1. The van der Waals surface area contributed by atoms with Gasteiger partial charge in [-0.1, -0.05) is 59.9 Å². The van der Waals surface area contributed by atoms with Gasteiger partial charge in [0.25, 0.3) is 5.91 Å². The van der Waals surface area contributed by atoms with Gasteiger partial charge in [-0.15, -0.1) is 10.2 Å². The van der Waals surface area contributed by atoms with Crippen molar-refractivity contribution in [1.82, 2.24) is 15.5 Å². The van der Waals surface area contributed by atoms with E-state index in [2.05, 4.69) is 20.8 Å². The van der Waals surface area contributed by atoms with Gasteiger partial charge < -0.3 is 5.32 Å². The number of carbonyl (C=O) groups excluding carboxylic acids is 2. The summed E-state index contributed by atoms with van der Waals surface area (Å²) in [6, 6.07) is 16.8. The number of carbonyl (C=O) groups is 2. The van der Waals surface area contributed by atoms with E-state index in [1.165, 1.54) is 11.3 Å². The summed E-state index contributed by atoms with van der Waals surface area (Å²) < 4.78 is 0. The molecule has 2 N–H and O–H groups in total. The van der Waals surface area contributed by atoms with Gasteiger partial charge in [-0.2, -0.15) is 0 Å². The zero-order valence-corrected chi connectivity index (χ0v) is 14.3. The summed E-state index contributed by atoms with van der Waals surface area (Å²) in [7, 11) is 0. The van der Waals surface area contributed by atoms with Crippen LogP contribution in [0.15, 0.2) is 54.6 Å². The van der Waals surface area contributed by atoms with Crippen molar-refractivity contribution in [3.63, 3.8) is 0 Å². The quantitative estimate of drug-likeness (QED) is 0.739. The maximum absolute atomic E-state index is 12.1. The average molecular weight is 352 g/mol. The van der Waals surface area contributed by atoms with Gasteiger partial charge in [0.1, 0.15) is 5.01 Å². The van der Waals surface area contributed by atoms with Gasteiger partial charge in [0.15, 0.2) is 0 Å². The molecule has 0 radical (unpaired) electrons. The van der Waals surface area contributed by atoms with Crippen LogP contribution in [0.4, 0.5) is 5.13 Å². The molecule has 25 heavy (non-hydrogen) atoms. The monoisotopic (exact) mass is 352 g/mol. The molecule has 3 aromatic rings. The van der Waals surface area contributed by atoms with Crippen molar-refractivity contribution in [2.75, 3.05) is 11.9 Å². The minimum absolute atomic E-state index is 0.132. The Morgan fingerprint density at radius 3 is 2.48 bits per heavy atom. The van der Waals surface area contributed by atoms with Gasteiger partial charge in [0.05, 0.1) is 6.54 Å². The first-order valence-corrected chi connectivity index (χ1v) is 8.48. The van der Waals surface area contributed by atoms with Crippen LogP contribution in [0.2, 0.25) is 0 Å². The Hall–Kier alpha value is -3.06. The summed E-state index contributed by atoms with van der Waals surface area (Å²) in [5.74, 6) is -0.631. The molecule has 3 rings (SSSR count). The van der Waals surface area contributed by atoms with E-state index in [0.29, 0.717) is 10.7 Å². The van der Waals surface area contributed by atoms with Gasteiger partial charge in [0.2, 0.25) is 11.0 Å². The lowest BCUT2D eigenvalue weighted by Gasteiger charge is -2.06. The number of rotatable bonds is 5. The fraction of sp³-hybridized carbons (Fsp3) is 0.111. The molecule has 0 unspecified atom stereocenters. The predicted octanol–water partition coefficient (Wildman–Crippen LogP) is 2.88. The lowest BCUT2D eigenvalue weighted by molar-refractivity contribution is -0.115. The minimum Gasteiger partial charge on any atom is -0.343 e. The Labute approximate surface area is 148 Å². The summed E-state index contributed by atoms with van der Waals surface area (Å²) in [6.07, 6.45) is 0. The van der Waals surface area contributed by atoms with Crippen molar-refractivity contribution in [3.05, 3.63) is 65.7 Å². The summed E-state index contributed by atoms with van der Waals surface area (Å²) in [6.45, 7) is 1.72. The van der Waals surface area contributed by atoms with Crippen LogP contribution < -0.4 is 10.6 Å². The molecule has 0 aliphatic carbocycles. The van der Waals surface area contributed by atoms with E-state index in [-0.39, 0.29) is 18.4 Å². The highest BCUT2D eigenvalue weighted by Gasteiger charge is 2.12. The highest BCUT2D eigenvalue weighted by Crippen LogP contribution is 2.25. The largest absolute Gasteiger partial charge is 0.343 e. The van der Waals surface area contributed by atoms with E-state index in [0.717, 1.165) is 16.1 Å². The second kappa shape index (κ2) is 7.67. The lowest BCUT2D eigenvalue weighted by Crippen LogP contribution is -2.33. The molecule has 6 nitrogen and oxygen atoms in total. The van der Waals surface area contributed by atoms with Crippen LogP contribution in [0.3, 0.4) is 0 Å². The molecule has 7 heteroatoms. The summed E-state index contributed by atoms with van der Waals surface area (Å²) in [5, 5.41) is 14.4. The smallest absolute Gasteiger partial charge is 0.251 e. The van der Waals surface area contributed by atoms with Crippen molar-refractivity contribution in [3.8, 4) is 10.6 Å². The SMILES string of the molecule is Cc1ccccc1C(=O)NCC(=O)Nc1nnc(-c2ccccc2)s1. The highest BCUT2D eigenvalue weighted by atomic mass is 32.1. The lowest BCUT2D eigenvalue weighted by atomic mass is 10.1. The fourth-order valence-corrected chi connectivity index (χ4v) is 2.98. The predicted molar refractivity (Wildman–Crippen MR) is 97.5 cm³/mol. The van der Waals surface area contributed by atoms with Crippen LogP contribution >= 0.6 is 11.3 Å². The third kappa shape index (κ3) is 4.27. The molecule has 0 bridgehead atoms. The Bertz CT molecular complexity index is 893. The number of anilines is 1. The van der Waals surface area contributed by atoms with E-state index in [9.17, 15) is 9.59 Å². The number of benzene rings is 2. The van der Waals surface area contributed by atoms with Crippen LogP contribution in [0, 0.1) is 6.92 Å². The van der Waals surface area contributed by atoms with Crippen molar-refractivity contribution < 1.29 is 9.59 Å². The van der Waals surface area contributed by atoms with Crippen LogP contribution in [-0.2, 0) is 4.79 Å². The fourth-order valence-electron chi connectivity index (χ4n) is 2.22. The first-order valence-electron chi connectivity index (χ1n) is 7.66. The number of hydrogen-bond donors (Lipinski definition) is 2. The van der Waals surface area contributed by atoms with Gasteiger partial charge in [0, 0.05) is 11.1 Å². The highest BCUT2D eigenvalue weighted by molar-refractivity contribution is 7.18. The summed E-state index contributed by atoms with van der Waals surface area (Å²) in [4.78, 5) is 24.1. The molecule has 0 atom stereocenters. The van der Waals surface area contributed by atoms with Crippen LogP contribution in [0.5, 0.6) is 0 Å². The topological polar surface area (TPSA) is 84.0 Å². The van der Waals surface area contributed by atoms with Gasteiger partial charge in [-0.25, -0.2) is 0 Å². The van der Waals surface area contributed by atoms with E-state index < -0.39 is 0 Å². The molecular formula is C18H16N4O2S. The summed E-state index contributed by atoms with van der Waals surface area (Å²) in [5.41, 5.74) is 2.35. The van der Waals surface area contributed by atoms with Crippen molar-refractivity contribution in [2.24, 2.45) is 0 Å². The molecule has 0 fully saturated rings. The Morgan fingerprint density at radius 1 is 1.00 bits per heavy atom. The zero-order valence-electron chi connectivity index (χ0n) is 13.5. The van der Waals surface area contributed by atoms with Gasteiger partial charge >= 0.3 is 0 Å². The number of amides is 2. The first-order chi connectivity index (χ1) is 12.1. The number of hydrogen-bond acceptors (Lipinski definition) is 5. The molecule has 0 aliphatic rings. The third-order valence-electron chi connectivity index (χ3n) is 3.49. The number of aromatic nitrogens is 2. The molecule has 1 heterocycles. The molecule has 0 aliphatic heterocycles. The molecule has 0 spiro atoms. The molecule has 2 amide bonds. The van der Waals surface area contributed by atoms with Crippen molar-refractivity contribution >= 4 is 28.3 Å². The Kier molecular flexibility index (Phi) is 5.15. The van der Waals surface area contributed by atoms with Crippen LogP contribution in [0.1, 0.15) is 15.9 Å². The van der Waals surface area contributed by atoms with Gasteiger partial charge in [-0.3, -0.25) is 14.9 Å². The molecule has 0 saturated carbocycles. The maximum Gasteiger partial charge on any atom is 0.251 e. The van der Waals surface area contributed by atoms with Crippen LogP contribution in [-0.4, -0.2) is 28.6 Å². The maximum atomic E-state index is 12.1. The standard InChI is InChI=1S/C18H16N4O2S/c1-12-7-5-6-10-14(12)16(24)19-11-15(23)20-18-22-21-17(25-18)13-8-3-2-4-9-13/h2-10H,11H2,1H3,(H,19,24)(H,20,22,23). The van der Waals surface area contributed by atoms with Gasteiger partial charge in [-0.05, 0) is 18.6 Å². The Balaban J connectivity index is 1.56. The zero-order chi connectivity index (χ0) is 17.6. The second-order valence-corrected chi connectivity index (χ2v) is 6.30. The molecular weight excluding hydrogens is 336 g/mol. The first kappa shape index (κ1) is 16.8. The summed E-state index contributed by atoms with van der Waals surface area (Å²) >= 11 is 1.28. The third-order valence-corrected chi connectivity index (χ3v) is 4.38. The van der Waals surface area contributed by atoms with Crippen LogP contribution in [0.25, 0.3) is 10.6 Å². The second-order valence-electron chi connectivity index (χ2n) is 5.32. The average Bonchev–Trinajstić information content (AvgIpc) is 3.09. The van der Waals surface area contributed by atoms with E-state index in [1.54, 1.807) is 12.1 Å². The van der Waals surface area contributed by atoms with E-state index in [1.807, 2.05) is 49.4 Å². The molecule has 126 valence electrons. The van der Waals surface area contributed by atoms with Crippen molar-refractivity contribution in [1.29, 1.82) is 0 Å². The molecule has 1 aromatic heterocycles. The molecule has 0 saturated heterocycles. The minimum atomic E-state index is -0.349. The normalized spacial score (nSPS) is 10.3. The van der Waals surface area contributed by atoms with Crippen molar-refractivity contribution in [2.45, 2.75) is 6.92 Å². The Morgan fingerprint density at radius 2 is 1.72 bits per heavy atom. The number of nitrogens with one attached hydrogen (secondary N) is 2. The van der Waals surface area contributed by atoms with E-state index >= 15 is 0 Å². The van der Waals surface area contributed by atoms with E-state index in [4.69, 9.17) is 0 Å².